The van der Waals surface area contributed by atoms with Crippen molar-refractivity contribution in [2.24, 2.45) is 5.73 Å². The summed E-state index contributed by atoms with van der Waals surface area (Å²) in [6.07, 6.45) is -2.87. The van der Waals surface area contributed by atoms with E-state index in [1.165, 1.54) is 0 Å². The SMILES string of the molecule is NC1C(O)[C@H](O)C(CO)O[C@H]1I. The summed E-state index contributed by atoms with van der Waals surface area (Å²) in [6.45, 7) is -0.315. The number of hydrogen-bond acceptors (Lipinski definition) is 5. The van der Waals surface area contributed by atoms with Crippen LogP contribution in [0.2, 0.25) is 0 Å². The maximum absolute atomic E-state index is 9.35. The van der Waals surface area contributed by atoms with Crippen LogP contribution in [0.3, 0.4) is 0 Å². The first-order valence-corrected chi connectivity index (χ1v) is 4.84. The maximum Gasteiger partial charge on any atom is 0.127 e. The van der Waals surface area contributed by atoms with E-state index in [9.17, 15) is 10.2 Å². The van der Waals surface area contributed by atoms with E-state index in [-0.39, 0.29) is 10.7 Å². The number of halogens is 1. The highest BCUT2D eigenvalue weighted by Gasteiger charge is 2.40. The molecule has 5 atom stereocenters. The van der Waals surface area contributed by atoms with Gasteiger partial charge >= 0.3 is 0 Å². The zero-order valence-electron chi connectivity index (χ0n) is 6.30. The summed E-state index contributed by atoms with van der Waals surface area (Å²) in [7, 11) is 0. The summed E-state index contributed by atoms with van der Waals surface area (Å²) >= 11 is 1.92. The van der Waals surface area contributed by atoms with Gasteiger partial charge in [-0.2, -0.15) is 0 Å². The van der Waals surface area contributed by atoms with E-state index in [1.807, 2.05) is 22.6 Å². The average molecular weight is 289 g/mol. The molecule has 1 rings (SSSR count). The van der Waals surface area contributed by atoms with Crippen LogP contribution in [0.1, 0.15) is 0 Å². The molecule has 72 valence electrons. The second kappa shape index (κ2) is 4.16. The molecule has 5 nitrogen and oxygen atoms in total. The summed E-state index contributed by atoms with van der Waals surface area (Å²) in [4.78, 5) is 0. The Morgan fingerprint density at radius 3 is 2.42 bits per heavy atom. The van der Waals surface area contributed by atoms with Crippen LogP contribution in [0.25, 0.3) is 0 Å². The minimum atomic E-state index is -1.10. The van der Waals surface area contributed by atoms with Crippen LogP contribution in [-0.4, -0.2) is 50.4 Å². The van der Waals surface area contributed by atoms with Crippen LogP contribution in [0.15, 0.2) is 0 Å². The molecule has 0 aromatic heterocycles. The number of nitrogens with two attached hydrogens (primary N) is 1. The molecule has 0 radical (unpaired) electrons. The van der Waals surface area contributed by atoms with E-state index in [0.717, 1.165) is 0 Å². The lowest BCUT2D eigenvalue weighted by Gasteiger charge is -2.38. The van der Waals surface area contributed by atoms with Crippen molar-refractivity contribution in [1.29, 1.82) is 0 Å². The quantitative estimate of drug-likeness (QED) is 0.337. The molecule has 1 fully saturated rings. The second-order valence-electron chi connectivity index (χ2n) is 2.77. The van der Waals surface area contributed by atoms with Crippen LogP contribution in [-0.2, 0) is 4.74 Å². The number of ether oxygens (including phenoxy) is 1. The molecule has 0 aromatic rings. The molecule has 0 saturated carbocycles. The Morgan fingerprint density at radius 1 is 1.33 bits per heavy atom. The van der Waals surface area contributed by atoms with Gasteiger partial charge in [-0.05, 0) is 22.6 Å². The molecule has 0 amide bonds. The van der Waals surface area contributed by atoms with Gasteiger partial charge in [-0.15, -0.1) is 0 Å². The van der Waals surface area contributed by atoms with Crippen LogP contribution in [0.5, 0.6) is 0 Å². The van der Waals surface area contributed by atoms with E-state index in [2.05, 4.69) is 0 Å². The lowest BCUT2D eigenvalue weighted by atomic mass is 9.99. The van der Waals surface area contributed by atoms with Gasteiger partial charge in [-0.3, -0.25) is 0 Å². The van der Waals surface area contributed by atoms with Crippen molar-refractivity contribution in [3.8, 4) is 0 Å². The molecule has 1 aliphatic heterocycles. The van der Waals surface area contributed by atoms with Gasteiger partial charge in [0.25, 0.3) is 0 Å². The van der Waals surface area contributed by atoms with E-state index in [0.29, 0.717) is 0 Å². The predicted octanol–water partition coefficient (Wildman–Crippen LogP) is -1.81. The van der Waals surface area contributed by atoms with E-state index in [4.69, 9.17) is 15.6 Å². The molecule has 1 aliphatic rings. The highest BCUT2D eigenvalue weighted by Crippen LogP contribution is 2.23. The molecule has 1 saturated heterocycles. The molecular weight excluding hydrogens is 277 g/mol. The normalized spacial score (nSPS) is 49.2. The molecule has 0 spiro atoms. The van der Waals surface area contributed by atoms with Crippen molar-refractivity contribution in [3.05, 3.63) is 0 Å². The van der Waals surface area contributed by atoms with Gasteiger partial charge in [-0.25, -0.2) is 0 Å². The third-order valence-corrected chi connectivity index (χ3v) is 3.04. The summed E-state index contributed by atoms with van der Waals surface area (Å²) in [5.74, 6) is 0. The Kier molecular flexibility index (Phi) is 3.68. The fraction of sp³-hybridized carbons (Fsp3) is 1.00. The Labute approximate surface area is 83.7 Å². The standard InChI is InChI=1S/C6H12INO4/c7-6-3(8)5(11)4(10)2(1-9)12-6/h2-6,9-11H,1,8H2/t2?,3?,4-,5?,6-/m1/s1. The van der Waals surface area contributed by atoms with Gasteiger partial charge in [0.15, 0.2) is 0 Å². The number of aliphatic hydroxyl groups is 3. The first kappa shape index (κ1) is 10.6. The van der Waals surface area contributed by atoms with Crippen LogP contribution in [0, 0.1) is 0 Å². The zero-order valence-corrected chi connectivity index (χ0v) is 8.46. The molecule has 1 heterocycles. The molecule has 3 unspecified atom stereocenters. The Bertz CT molecular complexity index is 154. The molecule has 0 bridgehead atoms. The maximum atomic E-state index is 9.35. The van der Waals surface area contributed by atoms with Crippen molar-refractivity contribution in [1.82, 2.24) is 0 Å². The summed E-state index contributed by atoms with van der Waals surface area (Å²) in [5.41, 5.74) is 5.50. The van der Waals surface area contributed by atoms with Crippen molar-refractivity contribution >= 4 is 22.6 Å². The second-order valence-corrected chi connectivity index (χ2v) is 3.99. The summed E-state index contributed by atoms with van der Waals surface area (Å²) in [6, 6.07) is -0.608. The average Bonchev–Trinajstić information content (AvgIpc) is 2.08. The Hall–Kier alpha value is 0.530. The van der Waals surface area contributed by atoms with Gasteiger partial charge < -0.3 is 25.8 Å². The Morgan fingerprint density at radius 2 is 1.92 bits per heavy atom. The molecule has 12 heavy (non-hydrogen) atoms. The fourth-order valence-electron chi connectivity index (χ4n) is 1.09. The zero-order chi connectivity index (χ0) is 9.30. The van der Waals surface area contributed by atoms with Crippen molar-refractivity contribution < 1.29 is 20.1 Å². The minimum absolute atomic E-state index is 0.315. The monoisotopic (exact) mass is 289 g/mol. The van der Waals surface area contributed by atoms with Crippen LogP contribution in [0.4, 0.5) is 0 Å². The first-order chi connectivity index (χ1) is 5.57. The highest BCUT2D eigenvalue weighted by molar-refractivity contribution is 14.1. The third-order valence-electron chi connectivity index (χ3n) is 1.91. The smallest absolute Gasteiger partial charge is 0.127 e. The van der Waals surface area contributed by atoms with Crippen molar-refractivity contribution in [3.63, 3.8) is 0 Å². The molecule has 0 aliphatic carbocycles. The highest BCUT2D eigenvalue weighted by atomic mass is 127. The predicted molar refractivity (Wildman–Crippen MR) is 49.8 cm³/mol. The number of hydrogen-bond donors (Lipinski definition) is 4. The molecule has 5 N–H and O–H groups in total. The Balaban J connectivity index is 2.63. The number of aliphatic hydroxyl groups excluding tert-OH is 3. The minimum Gasteiger partial charge on any atom is -0.394 e. The fourth-order valence-corrected chi connectivity index (χ4v) is 1.89. The number of alkyl halides is 1. The van der Waals surface area contributed by atoms with E-state index >= 15 is 0 Å². The van der Waals surface area contributed by atoms with E-state index in [1.54, 1.807) is 0 Å². The van der Waals surface area contributed by atoms with Gasteiger partial charge in [0.2, 0.25) is 0 Å². The van der Waals surface area contributed by atoms with Gasteiger partial charge in [-0.1, -0.05) is 0 Å². The summed E-state index contributed by atoms with van der Waals surface area (Å²) < 4.78 is 4.76. The molecule has 6 heteroatoms. The number of rotatable bonds is 1. The summed E-state index contributed by atoms with van der Waals surface area (Å²) in [5, 5.41) is 27.4. The third kappa shape index (κ3) is 1.88. The van der Waals surface area contributed by atoms with Gasteiger partial charge in [0, 0.05) is 0 Å². The first-order valence-electron chi connectivity index (χ1n) is 3.60. The van der Waals surface area contributed by atoms with E-state index < -0.39 is 24.4 Å². The van der Waals surface area contributed by atoms with Crippen LogP contribution < -0.4 is 5.73 Å². The van der Waals surface area contributed by atoms with Gasteiger partial charge in [0.1, 0.15) is 22.4 Å². The van der Waals surface area contributed by atoms with Crippen molar-refractivity contribution in [2.45, 2.75) is 28.5 Å². The molecular formula is C6H12INO4. The lowest BCUT2D eigenvalue weighted by Crippen LogP contribution is -2.60. The topological polar surface area (TPSA) is 95.9 Å². The van der Waals surface area contributed by atoms with Crippen molar-refractivity contribution in [2.75, 3.05) is 6.61 Å². The van der Waals surface area contributed by atoms with Gasteiger partial charge in [0.05, 0.1) is 12.6 Å². The largest absolute Gasteiger partial charge is 0.394 e. The lowest BCUT2D eigenvalue weighted by molar-refractivity contribution is -0.161. The molecule has 0 aromatic carbocycles. The van der Waals surface area contributed by atoms with Crippen LogP contribution >= 0.6 is 22.6 Å².